The van der Waals surface area contributed by atoms with Crippen LogP contribution in [-0.2, 0) is 16.0 Å². The number of amides is 2. The van der Waals surface area contributed by atoms with Crippen molar-refractivity contribution in [1.29, 1.82) is 0 Å². The molecule has 1 aromatic rings. The maximum absolute atomic E-state index is 11.7. The van der Waals surface area contributed by atoms with Gasteiger partial charge in [-0.25, -0.2) is 0 Å². The molecule has 0 unspecified atom stereocenters. The van der Waals surface area contributed by atoms with Crippen molar-refractivity contribution in [3.63, 3.8) is 0 Å². The number of rotatable bonds is 3. The first-order valence-electron chi connectivity index (χ1n) is 5.94. The molecule has 96 valence electrons. The highest BCUT2D eigenvalue weighted by molar-refractivity contribution is 6.29. The van der Waals surface area contributed by atoms with Gasteiger partial charge < -0.3 is 10.2 Å². The van der Waals surface area contributed by atoms with Crippen molar-refractivity contribution in [3.05, 3.63) is 23.8 Å². The Morgan fingerprint density at radius 2 is 2.22 bits per heavy atom. The topological polar surface area (TPSA) is 49.4 Å². The molecule has 5 heteroatoms. The van der Waals surface area contributed by atoms with E-state index in [0.29, 0.717) is 13.0 Å². The molecule has 2 rings (SSSR count). The van der Waals surface area contributed by atoms with Crippen LogP contribution in [0.4, 0.5) is 11.4 Å². The van der Waals surface area contributed by atoms with E-state index < -0.39 is 0 Å². The van der Waals surface area contributed by atoms with Gasteiger partial charge in [0, 0.05) is 24.3 Å². The average Bonchev–Trinajstić information content (AvgIpc) is 2.38. The molecule has 0 aromatic heterocycles. The molecule has 0 saturated carbocycles. The van der Waals surface area contributed by atoms with Gasteiger partial charge in [-0.1, -0.05) is 0 Å². The van der Waals surface area contributed by atoms with E-state index in [1.54, 1.807) is 11.0 Å². The van der Waals surface area contributed by atoms with Gasteiger partial charge in [0.1, 0.15) is 5.88 Å². The number of nitrogens with zero attached hydrogens (tertiary/aromatic N) is 1. The van der Waals surface area contributed by atoms with Crippen molar-refractivity contribution in [2.45, 2.75) is 19.8 Å². The number of alkyl halides is 1. The predicted octanol–water partition coefficient (Wildman–Crippen LogP) is 2.16. The van der Waals surface area contributed by atoms with Crippen molar-refractivity contribution in [1.82, 2.24) is 0 Å². The molecule has 0 saturated heterocycles. The number of aryl methyl sites for hydroxylation is 1. The molecule has 0 fully saturated rings. The normalized spacial score (nSPS) is 14.3. The van der Waals surface area contributed by atoms with E-state index in [0.717, 1.165) is 23.4 Å². The third-order valence-electron chi connectivity index (χ3n) is 3.00. The van der Waals surface area contributed by atoms with Crippen LogP contribution in [0.3, 0.4) is 0 Å². The Hall–Kier alpha value is -1.55. The molecule has 18 heavy (non-hydrogen) atoms. The number of benzene rings is 1. The first-order valence-corrected chi connectivity index (χ1v) is 6.48. The minimum Gasteiger partial charge on any atom is -0.325 e. The summed E-state index contributed by atoms with van der Waals surface area (Å²) in [6, 6.07) is 5.58. The van der Waals surface area contributed by atoms with Crippen LogP contribution in [0.5, 0.6) is 0 Å². The summed E-state index contributed by atoms with van der Waals surface area (Å²) in [4.78, 5) is 24.7. The minimum atomic E-state index is -0.226. The Kier molecular flexibility index (Phi) is 3.87. The Morgan fingerprint density at radius 1 is 1.44 bits per heavy atom. The molecular weight excluding hydrogens is 252 g/mol. The van der Waals surface area contributed by atoms with Gasteiger partial charge in [0.2, 0.25) is 11.8 Å². The Morgan fingerprint density at radius 3 is 2.89 bits per heavy atom. The number of halogens is 1. The molecule has 0 bridgehead atoms. The summed E-state index contributed by atoms with van der Waals surface area (Å²) in [5.74, 6) is -0.130. The molecule has 0 aliphatic carbocycles. The van der Waals surface area contributed by atoms with Crippen LogP contribution < -0.4 is 10.2 Å². The Bertz CT molecular complexity index is 488. The highest BCUT2D eigenvalue weighted by Crippen LogP contribution is 2.30. The van der Waals surface area contributed by atoms with Gasteiger partial charge in [-0.3, -0.25) is 9.59 Å². The number of hydrogen-bond acceptors (Lipinski definition) is 2. The largest absolute Gasteiger partial charge is 0.325 e. The average molecular weight is 267 g/mol. The lowest BCUT2D eigenvalue weighted by molar-refractivity contribution is -0.119. The third-order valence-corrected chi connectivity index (χ3v) is 3.24. The predicted molar refractivity (Wildman–Crippen MR) is 72.1 cm³/mol. The monoisotopic (exact) mass is 266 g/mol. The van der Waals surface area contributed by atoms with Crippen LogP contribution in [0.25, 0.3) is 0 Å². The van der Waals surface area contributed by atoms with Gasteiger partial charge in [0.15, 0.2) is 0 Å². The molecule has 0 atom stereocenters. The Balaban J connectivity index is 2.27. The number of carbonyl (C=O) groups is 2. The number of carbonyl (C=O) groups excluding carboxylic acids is 2. The summed E-state index contributed by atoms with van der Waals surface area (Å²) in [6.45, 7) is 2.62. The van der Waals surface area contributed by atoms with E-state index in [4.69, 9.17) is 11.6 Å². The molecule has 1 aliphatic heterocycles. The maximum Gasteiger partial charge on any atom is 0.239 e. The number of nitrogens with one attached hydrogen (secondary N) is 1. The third kappa shape index (κ3) is 2.48. The minimum absolute atomic E-state index is 0.0589. The maximum atomic E-state index is 11.7. The summed E-state index contributed by atoms with van der Waals surface area (Å²) in [6.07, 6.45) is 1.24. The molecule has 1 aliphatic rings. The quantitative estimate of drug-likeness (QED) is 0.853. The summed E-state index contributed by atoms with van der Waals surface area (Å²) in [5, 5.41) is 2.71. The zero-order valence-electron chi connectivity index (χ0n) is 10.2. The van der Waals surface area contributed by atoms with E-state index in [2.05, 4.69) is 5.32 Å². The lowest BCUT2D eigenvalue weighted by Crippen LogP contribution is -2.34. The highest BCUT2D eigenvalue weighted by Gasteiger charge is 2.22. The molecule has 0 radical (unpaired) electrons. The standard InChI is InChI=1S/C13H15ClN2O2/c1-2-16-11-5-4-10(15-12(17)8-14)7-9(11)3-6-13(16)18/h4-5,7H,2-3,6,8H2,1H3,(H,15,17). The highest BCUT2D eigenvalue weighted by atomic mass is 35.5. The van der Waals surface area contributed by atoms with Gasteiger partial charge in [0.05, 0.1) is 0 Å². The Labute approximate surface area is 111 Å². The van der Waals surface area contributed by atoms with Crippen LogP contribution in [0.1, 0.15) is 18.9 Å². The van der Waals surface area contributed by atoms with Crippen LogP contribution >= 0.6 is 11.6 Å². The smallest absolute Gasteiger partial charge is 0.239 e. The SMILES string of the molecule is CCN1C(=O)CCc2cc(NC(=O)CCl)ccc21. The van der Waals surface area contributed by atoms with Crippen LogP contribution in [-0.4, -0.2) is 24.2 Å². The van der Waals surface area contributed by atoms with Gasteiger partial charge in [-0.2, -0.15) is 0 Å². The van der Waals surface area contributed by atoms with Gasteiger partial charge >= 0.3 is 0 Å². The number of hydrogen-bond donors (Lipinski definition) is 1. The molecule has 1 heterocycles. The van der Waals surface area contributed by atoms with Gasteiger partial charge in [-0.15, -0.1) is 11.6 Å². The van der Waals surface area contributed by atoms with Crippen LogP contribution in [0, 0.1) is 0 Å². The van der Waals surface area contributed by atoms with Crippen molar-refractivity contribution in [2.75, 3.05) is 22.6 Å². The van der Waals surface area contributed by atoms with Crippen LogP contribution in [0.15, 0.2) is 18.2 Å². The van der Waals surface area contributed by atoms with Crippen molar-refractivity contribution in [2.24, 2.45) is 0 Å². The van der Waals surface area contributed by atoms with E-state index in [1.165, 1.54) is 0 Å². The van der Waals surface area contributed by atoms with E-state index in [9.17, 15) is 9.59 Å². The lowest BCUT2D eigenvalue weighted by Gasteiger charge is -2.28. The summed E-state index contributed by atoms with van der Waals surface area (Å²) in [5.41, 5.74) is 2.76. The molecule has 0 spiro atoms. The first-order chi connectivity index (χ1) is 8.65. The molecule has 2 amide bonds. The van der Waals surface area contributed by atoms with E-state index in [1.807, 2.05) is 19.1 Å². The molecule has 1 aromatic carbocycles. The van der Waals surface area contributed by atoms with Crippen LogP contribution in [0.2, 0.25) is 0 Å². The molecule has 4 nitrogen and oxygen atoms in total. The lowest BCUT2D eigenvalue weighted by atomic mass is 10.0. The molecule has 1 N–H and O–H groups in total. The summed E-state index contributed by atoms with van der Waals surface area (Å²) >= 11 is 5.45. The van der Waals surface area contributed by atoms with Crippen molar-refractivity contribution in [3.8, 4) is 0 Å². The van der Waals surface area contributed by atoms with Crippen molar-refractivity contribution < 1.29 is 9.59 Å². The van der Waals surface area contributed by atoms with Gasteiger partial charge in [0.25, 0.3) is 0 Å². The van der Waals surface area contributed by atoms with E-state index in [-0.39, 0.29) is 17.7 Å². The fourth-order valence-corrected chi connectivity index (χ4v) is 2.25. The second-order valence-corrected chi connectivity index (χ2v) is 4.43. The van der Waals surface area contributed by atoms with E-state index >= 15 is 0 Å². The second-order valence-electron chi connectivity index (χ2n) is 4.16. The number of fused-ring (bicyclic) bond motifs is 1. The molecular formula is C13H15ClN2O2. The fraction of sp³-hybridized carbons (Fsp3) is 0.385. The zero-order valence-corrected chi connectivity index (χ0v) is 11.0. The van der Waals surface area contributed by atoms with Crippen molar-refractivity contribution >= 4 is 34.8 Å². The zero-order chi connectivity index (χ0) is 13.1. The number of anilines is 2. The summed E-state index contributed by atoms with van der Waals surface area (Å²) < 4.78 is 0. The van der Waals surface area contributed by atoms with Gasteiger partial charge in [-0.05, 0) is 37.1 Å². The first kappa shape index (κ1) is 12.9. The fourth-order valence-electron chi connectivity index (χ4n) is 2.18. The summed E-state index contributed by atoms with van der Waals surface area (Å²) in [7, 11) is 0. The second kappa shape index (κ2) is 5.40.